The molecule has 0 saturated carbocycles. The summed E-state index contributed by atoms with van der Waals surface area (Å²) in [6.45, 7) is 4.34. The molecule has 4 nitrogen and oxygen atoms in total. The van der Waals surface area contributed by atoms with Gasteiger partial charge in [-0.05, 0) is 61.6 Å². The summed E-state index contributed by atoms with van der Waals surface area (Å²) in [7, 11) is -0.780. The highest BCUT2D eigenvalue weighted by molar-refractivity contribution is 7.99. The highest BCUT2D eigenvalue weighted by Gasteiger charge is 2.52. The molecule has 174 valence electrons. The second-order valence-electron chi connectivity index (χ2n) is 7.90. The van der Waals surface area contributed by atoms with E-state index in [2.05, 4.69) is 42.5 Å². The first-order valence-corrected chi connectivity index (χ1v) is 13.4. The molecular formula is C27H32O4PS+. The Hall–Kier alpha value is -2.20. The summed E-state index contributed by atoms with van der Waals surface area (Å²) in [5.41, 5.74) is 1.22. The number of ether oxygens (including phenoxy) is 2. The Kier molecular flexibility index (Phi) is 9.93. The maximum atomic E-state index is 13.0. The van der Waals surface area contributed by atoms with E-state index >= 15 is 0 Å². The Labute approximate surface area is 202 Å². The highest BCUT2D eigenvalue weighted by Crippen LogP contribution is 2.42. The molecule has 0 radical (unpaired) electrons. The molecule has 0 bridgehead atoms. The minimum absolute atomic E-state index is 0.288. The van der Waals surface area contributed by atoms with Crippen LogP contribution in [-0.2, 0) is 25.3 Å². The quantitative estimate of drug-likeness (QED) is 0.150. The smallest absolute Gasteiger partial charge is 0.361 e. The number of rotatable bonds is 13. The molecule has 0 aliphatic carbocycles. The fraction of sp³-hybridized carbons (Fsp3) is 0.370. The van der Waals surface area contributed by atoms with Gasteiger partial charge < -0.3 is 9.47 Å². The van der Waals surface area contributed by atoms with Crippen molar-refractivity contribution in [3.8, 4) is 0 Å². The lowest BCUT2D eigenvalue weighted by atomic mass is 9.94. The van der Waals surface area contributed by atoms with Gasteiger partial charge in [-0.1, -0.05) is 65.2 Å². The van der Waals surface area contributed by atoms with Crippen molar-refractivity contribution < 1.29 is 18.8 Å². The van der Waals surface area contributed by atoms with Crippen LogP contribution in [0.15, 0.2) is 77.7 Å². The topological polar surface area (TPSA) is 52.6 Å². The van der Waals surface area contributed by atoms with E-state index in [0.717, 1.165) is 23.1 Å². The summed E-state index contributed by atoms with van der Waals surface area (Å²) in [6, 6.07) is 24.7. The molecule has 0 spiro atoms. The zero-order valence-electron chi connectivity index (χ0n) is 19.3. The summed E-state index contributed by atoms with van der Waals surface area (Å²) in [4.78, 5) is 14.1. The van der Waals surface area contributed by atoms with Crippen molar-refractivity contribution in [2.75, 3.05) is 19.0 Å². The Morgan fingerprint density at radius 3 is 2.39 bits per heavy atom. The largest absolute Gasteiger partial charge is 0.466 e. The van der Waals surface area contributed by atoms with Crippen molar-refractivity contribution in [2.24, 2.45) is 5.92 Å². The van der Waals surface area contributed by atoms with Gasteiger partial charge in [-0.3, -0.25) is 4.79 Å². The number of carbonyl (C=O) groups excluding carboxylic acids is 1. The number of fused-ring (bicyclic) bond motifs is 1. The van der Waals surface area contributed by atoms with E-state index in [4.69, 9.17) is 9.47 Å². The van der Waals surface area contributed by atoms with Gasteiger partial charge in [-0.25, -0.2) is 0 Å². The molecular weight excluding hydrogens is 451 g/mol. The monoisotopic (exact) mass is 483 g/mol. The number of hydrogen-bond acceptors (Lipinski definition) is 5. The van der Waals surface area contributed by atoms with E-state index in [0.29, 0.717) is 18.8 Å². The van der Waals surface area contributed by atoms with Crippen LogP contribution in [0.4, 0.5) is 0 Å². The van der Waals surface area contributed by atoms with Gasteiger partial charge in [-0.2, -0.15) is 0 Å². The molecule has 3 aromatic rings. The van der Waals surface area contributed by atoms with Crippen molar-refractivity contribution in [3.05, 3.63) is 78.4 Å². The van der Waals surface area contributed by atoms with Crippen molar-refractivity contribution in [1.82, 2.24) is 0 Å². The van der Waals surface area contributed by atoms with Gasteiger partial charge in [0.05, 0.1) is 12.4 Å². The van der Waals surface area contributed by atoms with E-state index in [1.54, 1.807) is 18.7 Å². The van der Waals surface area contributed by atoms with E-state index in [1.165, 1.54) is 10.9 Å². The average molecular weight is 484 g/mol. The maximum absolute atomic E-state index is 13.0. The van der Waals surface area contributed by atoms with Crippen LogP contribution in [0, 0.1) is 5.92 Å². The van der Waals surface area contributed by atoms with Crippen LogP contribution in [0.2, 0.25) is 0 Å². The molecule has 0 aliphatic rings. The predicted octanol–water partition coefficient (Wildman–Crippen LogP) is 6.89. The van der Waals surface area contributed by atoms with E-state index in [-0.39, 0.29) is 12.6 Å². The number of aryl methyl sites for hydroxylation is 1. The molecule has 3 rings (SSSR count). The molecule has 0 aliphatic heterocycles. The minimum Gasteiger partial charge on any atom is -0.466 e. The second kappa shape index (κ2) is 12.9. The molecule has 0 amide bonds. The van der Waals surface area contributed by atoms with Gasteiger partial charge >= 0.3 is 14.4 Å². The standard InChI is InChI=1S/C27H31O4PS/c1-3-30-26(28)25(16-10-13-21-11-6-5-7-12-21)27(32-29,31-4-2)20-33-24-18-17-22-14-8-9-15-23(22)19-24/h5-9,11-12,14-15,17-19,25H,3-4,10,13,16,20H2,1-2H3/p+1. The van der Waals surface area contributed by atoms with Crippen LogP contribution < -0.4 is 0 Å². The van der Waals surface area contributed by atoms with Crippen molar-refractivity contribution >= 4 is 37.0 Å². The Morgan fingerprint density at radius 1 is 0.970 bits per heavy atom. The van der Waals surface area contributed by atoms with Crippen LogP contribution in [0.3, 0.4) is 0 Å². The van der Waals surface area contributed by atoms with Crippen LogP contribution in [-0.4, -0.2) is 30.3 Å². The Balaban J connectivity index is 1.79. The van der Waals surface area contributed by atoms with E-state index < -0.39 is 19.7 Å². The molecule has 0 aromatic heterocycles. The van der Waals surface area contributed by atoms with Gasteiger partial charge in [0.15, 0.2) is 0 Å². The van der Waals surface area contributed by atoms with Gasteiger partial charge in [0.1, 0.15) is 5.92 Å². The SMILES string of the molecule is CCOC(=O)C(CCCc1ccccc1)C(CSc1ccc2ccccc2c1)(OCC)[PH+]=O. The molecule has 0 fully saturated rings. The van der Waals surface area contributed by atoms with Crippen molar-refractivity contribution in [1.29, 1.82) is 0 Å². The zero-order valence-corrected chi connectivity index (χ0v) is 21.1. The molecule has 3 aromatic carbocycles. The van der Waals surface area contributed by atoms with Gasteiger partial charge in [-0.15, -0.1) is 11.8 Å². The Morgan fingerprint density at radius 2 is 1.70 bits per heavy atom. The highest BCUT2D eigenvalue weighted by atomic mass is 32.2. The normalized spacial score (nSPS) is 14.1. The van der Waals surface area contributed by atoms with Gasteiger partial charge in [0, 0.05) is 11.5 Å². The number of hydrogen-bond donors (Lipinski definition) is 0. The number of benzene rings is 3. The summed E-state index contributed by atoms with van der Waals surface area (Å²) >= 11 is 1.57. The summed E-state index contributed by atoms with van der Waals surface area (Å²) in [5, 5.41) is 1.24. The molecule has 0 heterocycles. The third-order valence-electron chi connectivity index (χ3n) is 5.68. The lowest BCUT2D eigenvalue weighted by molar-refractivity contribution is -0.155. The first-order chi connectivity index (χ1) is 16.1. The molecule has 3 unspecified atom stereocenters. The molecule has 0 N–H and O–H groups in total. The molecule has 3 atom stereocenters. The number of carbonyl (C=O) groups is 1. The minimum atomic E-state index is -1.09. The van der Waals surface area contributed by atoms with Crippen LogP contribution in [0.1, 0.15) is 32.3 Å². The predicted molar refractivity (Wildman–Crippen MR) is 138 cm³/mol. The van der Waals surface area contributed by atoms with Crippen molar-refractivity contribution in [3.63, 3.8) is 0 Å². The molecule has 6 heteroatoms. The lowest BCUT2D eigenvalue weighted by Gasteiger charge is -2.28. The first-order valence-electron chi connectivity index (χ1n) is 11.5. The van der Waals surface area contributed by atoms with Crippen molar-refractivity contribution in [2.45, 2.75) is 43.3 Å². The molecule has 33 heavy (non-hydrogen) atoms. The molecule has 0 saturated heterocycles. The van der Waals surface area contributed by atoms with Gasteiger partial charge in [0.25, 0.3) is 5.34 Å². The summed E-state index contributed by atoms with van der Waals surface area (Å²) in [5.74, 6) is -0.512. The fourth-order valence-corrected chi connectivity index (χ4v) is 6.12. The van der Waals surface area contributed by atoms with E-state index in [9.17, 15) is 9.36 Å². The first kappa shape index (κ1) is 25.4. The summed E-state index contributed by atoms with van der Waals surface area (Å²) in [6.07, 6.45) is 2.19. The zero-order chi connectivity index (χ0) is 23.5. The lowest BCUT2D eigenvalue weighted by Crippen LogP contribution is -2.43. The third-order valence-corrected chi connectivity index (χ3v) is 8.12. The van der Waals surface area contributed by atoms with Gasteiger partial charge in [0.2, 0.25) is 0 Å². The fourth-order valence-electron chi connectivity index (χ4n) is 4.02. The number of esters is 1. The average Bonchev–Trinajstić information content (AvgIpc) is 2.85. The second-order valence-corrected chi connectivity index (χ2v) is 10.0. The van der Waals surface area contributed by atoms with Crippen LogP contribution in [0.5, 0.6) is 0 Å². The maximum Gasteiger partial charge on any atom is 0.361 e. The third kappa shape index (κ3) is 6.89. The van der Waals surface area contributed by atoms with E-state index in [1.807, 2.05) is 37.3 Å². The van der Waals surface area contributed by atoms with Crippen LogP contribution >= 0.6 is 20.2 Å². The van der Waals surface area contributed by atoms with Crippen LogP contribution in [0.25, 0.3) is 10.8 Å². The number of thioether (sulfide) groups is 1. The Bertz CT molecular complexity index is 1040. The summed E-state index contributed by atoms with van der Waals surface area (Å²) < 4.78 is 24.1.